The van der Waals surface area contributed by atoms with Crippen LogP contribution in [0.1, 0.15) is 29.8 Å². The lowest BCUT2D eigenvalue weighted by molar-refractivity contribution is -0.857. The monoisotopic (exact) mass is 357 g/mol. The molecule has 1 aromatic heterocycles. The van der Waals surface area contributed by atoms with Gasteiger partial charge in [0.25, 0.3) is 0 Å². The Hall–Kier alpha value is -1.98. The van der Waals surface area contributed by atoms with Crippen molar-refractivity contribution >= 4 is 23.0 Å². The molecule has 2 rings (SSSR count). The van der Waals surface area contributed by atoms with E-state index in [-0.39, 0.29) is 6.04 Å². The molecule has 1 heterocycles. The number of thiocarbonyl (C=S) groups is 1. The number of nitrogens with zero attached hydrogens (tertiary/aromatic N) is 2. The predicted molar refractivity (Wildman–Crippen MR) is 109 cm³/mol. The maximum absolute atomic E-state index is 5.78. The number of likely N-dealkylation sites (N-methyl/N-ethyl adjacent to an activating group) is 1. The molecule has 0 spiro atoms. The largest absolute Gasteiger partial charge is 0.338 e. The van der Waals surface area contributed by atoms with E-state index in [0.29, 0.717) is 0 Å². The predicted octanol–water partition coefficient (Wildman–Crippen LogP) is 2.60. The number of hydrogen-bond acceptors (Lipinski definition) is 2. The molecule has 1 unspecified atom stereocenters. The molecule has 0 saturated carbocycles. The van der Waals surface area contributed by atoms with Crippen LogP contribution in [-0.2, 0) is 0 Å². The molecule has 25 heavy (non-hydrogen) atoms. The van der Waals surface area contributed by atoms with Crippen LogP contribution < -0.4 is 10.2 Å². The van der Waals surface area contributed by atoms with Gasteiger partial charge in [0.2, 0.25) is 0 Å². The summed E-state index contributed by atoms with van der Waals surface area (Å²) in [6, 6.07) is 12.4. The number of anilines is 1. The molecule has 0 amide bonds. The van der Waals surface area contributed by atoms with Crippen molar-refractivity contribution in [1.82, 2.24) is 9.88 Å². The second-order valence-corrected chi connectivity index (χ2v) is 7.16. The summed E-state index contributed by atoms with van der Waals surface area (Å²) in [5.74, 6) is 0. The zero-order valence-corrected chi connectivity index (χ0v) is 16.7. The Labute approximate surface area is 156 Å². The van der Waals surface area contributed by atoms with E-state index >= 15 is 0 Å². The molecule has 5 heteroatoms. The minimum absolute atomic E-state index is 0.116. The van der Waals surface area contributed by atoms with E-state index in [1.807, 2.05) is 18.3 Å². The van der Waals surface area contributed by atoms with E-state index < -0.39 is 0 Å². The number of quaternary nitrogens is 1. The van der Waals surface area contributed by atoms with E-state index in [9.17, 15) is 0 Å². The Bertz CT molecular complexity index is 680. The van der Waals surface area contributed by atoms with Crippen molar-refractivity contribution in [1.29, 1.82) is 0 Å². The second-order valence-electron chi connectivity index (χ2n) is 6.78. The summed E-state index contributed by atoms with van der Waals surface area (Å²) in [6.45, 7) is 8.25. The Morgan fingerprint density at radius 2 is 1.84 bits per heavy atom. The molecule has 4 nitrogen and oxygen atoms in total. The van der Waals surface area contributed by atoms with Crippen molar-refractivity contribution in [3.63, 3.8) is 0 Å². The third-order valence-corrected chi connectivity index (χ3v) is 4.75. The lowest BCUT2D eigenvalue weighted by Crippen LogP contribution is -3.06. The number of para-hydroxylation sites is 1. The lowest BCUT2D eigenvalue weighted by Gasteiger charge is -2.32. The van der Waals surface area contributed by atoms with Gasteiger partial charge in [-0.05, 0) is 56.2 Å². The van der Waals surface area contributed by atoms with Crippen LogP contribution in [0.2, 0.25) is 0 Å². The smallest absolute Gasteiger partial charge is 0.174 e. The van der Waals surface area contributed by atoms with Crippen LogP contribution in [0.25, 0.3) is 0 Å². The summed E-state index contributed by atoms with van der Waals surface area (Å²) in [5, 5.41) is 4.22. The van der Waals surface area contributed by atoms with E-state index in [1.165, 1.54) is 16.0 Å². The first-order valence-corrected chi connectivity index (χ1v) is 9.14. The Morgan fingerprint density at radius 3 is 2.40 bits per heavy atom. The van der Waals surface area contributed by atoms with Gasteiger partial charge in [-0.1, -0.05) is 24.3 Å². The lowest BCUT2D eigenvalue weighted by atomic mass is 10.1. The molecule has 1 aromatic carbocycles. The van der Waals surface area contributed by atoms with Crippen LogP contribution in [-0.4, -0.2) is 42.2 Å². The van der Waals surface area contributed by atoms with Gasteiger partial charge in [-0.15, -0.1) is 0 Å². The van der Waals surface area contributed by atoms with Crippen LogP contribution in [0.15, 0.2) is 42.6 Å². The standard InChI is InChI=1S/C20H28N4S/c1-15-9-8-10-16(2)19(15)22-20(25)24(14-13-23(4)5)17(3)18-11-6-7-12-21-18/h6-12,17H,13-14H2,1-5H3,(H,22,25)/p+1. The summed E-state index contributed by atoms with van der Waals surface area (Å²) < 4.78 is 0. The highest BCUT2D eigenvalue weighted by Gasteiger charge is 2.21. The van der Waals surface area contributed by atoms with Crippen molar-refractivity contribution in [3.8, 4) is 0 Å². The van der Waals surface area contributed by atoms with Gasteiger partial charge >= 0.3 is 0 Å². The number of aryl methyl sites for hydroxylation is 2. The van der Waals surface area contributed by atoms with Crippen LogP contribution in [0.5, 0.6) is 0 Å². The fourth-order valence-electron chi connectivity index (χ4n) is 2.79. The number of aromatic nitrogens is 1. The van der Waals surface area contributed by atoms with Crippen LogP contribution >= 0.6 is 12.2 Å². The van der Waals surface area contributed by atoms with Gasteiger partial charge < -0.3 is 15.1 Å². The first-order valence-electron chi connectivity index (χ1n) is 8.74. The number of benzene rings is 1. The number of pyridine rings is 1. The average molecular weight is 358 g/mol. The summed E-state index contributed by atoms with van der Waals surface area (Å²) in [7, 11) is 4.32. The quantitative estimate of drug-likeness (QED) is 0.779. The summed E-state index contributed by atoms with van der Waals surface area (Å²) in [6.07, 6.45) is 1.84. The van der Waals surface area contributed by atoms with Gasteiger partial charge in [-0.2, -0.15) is 0 Å². The zero-order chi connectivity index (χ0) is 18.4. The van der Waals surface area contributed by atoms with Crippen LogP contribution in [0.3, 0.4) is 0 Å². The van der Waals surface area contributed by atoms with Crippen molar-refractivity contribution in [2.24, 2.45) is 0 Å². The van der Waals surface area contributed by atoms with Gasteiger partial charge in [-0.25, -0.2) is 0 Å². The Morgan fingerprint density at radius 1 is 1.16 bits per heavy atom. The van der Waals surface area contributed by atoms with Gasteiger partial charge in [0, 0.05) is 11.9 Å². The molecule has 0 aliphatic heterocycles. The molecule has 2 N–H and O–H groups in total. The van der Waals surface area contributed by atoms with Crippen molar-refractivity contribution < 1.29 is 4.90 Å². The molecule has 2 aromatic rings. The molecule has 0 saturated heterocycles. The number of nitrogens with one attached hydrogen (secondary N) is 2. The highest BCUT2D eigenvalue weighted by molar-refractivity contribution is 7.80. The van der Waals surface area contributed by atoms with Crippen molar-refractivity contribution in [2.45, 2.75) is 26.8 Å². The number of hydrogen-bond donors (Lipinski definition) is 2. The second kappa shape index (κ2) is 8.92. The van der Waals surface area contributed by atoms with Crippen molar-refractivity contribution in [3.05, 3.63) is 59.4 Å². The summed E-state index contributed by atoms with van der Waals surface area (Å²) in [4.78, 5) is 8.14. The Balaban J connectivity index is 2.23. The summed E-state index contributed by atoms with van der Waals surface area (Å²) >= 11 is 5.78. The van der Waals surface area contributed by atoms with Crippen molar-refractivity contribution in [2.75, 3.05) is 32.5 Å². The fourth-order valence-corrected chi connectivity index (χ4v) is 3.14. The van der Waals surface area contributed by atoms with Gasteiger partial charge in [-0.3, -0.25) is 4.98 Å². The molecule has 0 radical (unpaired) electrons. The molecule has 134 valence electrons. The van der Waals surface area contributed by atoms with E-state index in [0.717, 1.165) is 29.6 Å². The molecular weight excluding hydrogens is 328 g/mol. The molecule has 0 bridgehead atoms. The van der Waals surface area contributed by atoms with Gasteiger partial charge in [0.05, 0.1) is 38.9 Å². The first kappa shape index (κ1) is 19.3. The third kappa shape index (κ3) is 5.25. The normalized spacial score (nSPS) is 12.1. The average Bonchev–Trinajstić information content (AvgIpc) is 2.59. The minimum atomic E-state index is 0.116. The highest BCUT2D eigenvalue weighted by Crippen LogP contribution is 2.23. The molecule has 1 atom stereocenters. The molecular formula is C20H29N4S+. The summed E-state index contributed by atoms with van der Waals surface area (Å²) in [5.41, 5.74) is 4.53. The van der Waals surface area contributed by atoms with Gasteiger partial charge in [0.15, 0.2) is 5.11 Å². The highest BCUT2D eigenvalue weighted by atomic mass is 32.1. The Kier molecular flexibility index (Phi) is 6.91. The third-order valence-electron chi connectivity index (χ3n) is 4.41. The number of rotatable bonds is 6. The van der Waals surface area contributed by atoms with E-state index in [4.69, 9.17) is 12.2 Å². The van der Waals surface area contributed by atoms with Crippen LogP contribution in [0, 0.1) is 13.8 Å². The van der Waals surface area contributed by atoms with E-state index in [2.05, 4.69) is 74.3 Å². The molecule has 0 aliphatic rings. The van der Waals surface area contributed by atoms with E-state index in [1.54, 1.807) is 0 Å². The first-order chi connectivity index (χ1) is 11.9. The zero-order valence-electron chi connectivity index (χ0n) is 15.8. The topological polar surface area (TPSA) is 32.6 Å². The minimum Gasteiger partial charge on any atom is -0.338 e. The molecule has 0 fully saturated rings. The maximum Gasteiger partial charge on any atom is 0.174 e. The fraction of sp³-hybridized carbons (Fsp3) is 0.400. The SMILES string of the molecule is Cc1cccc(C)c1NC(=S)N(CC[NH+](C)C)C(C)c1ccccn1. The van der Waals surface area contributed by atoms with Crippen LogP contribution in [0.4, 0.5) is 5.69 Å². The molecule has 0 aliphatic carbocycles. The van der Waals surface area contributed by atoms with Gasteiger partial charge in [0.1, 0.15) is 0 Å². The maximum atomic E-state index is 5.78.